The molecular formula is C20H17FO2. The van der Waals surface area contributed by atoms with Gasteiger partial charge in [0.05, 0.1) is 5.56 Å². The van der Waals surface area contributed by atoms with E-state index in [1.807, 2.05) is 0 Å². The van der Waals surface area contributed by atoms with Crippen LogP contribution in [0.4, 0.5) is 4.39 Å². The molecule has 2 nitrogen and oxygen atoms in total. The lowest BCUT2D eigenvalue weighted by Gasteiger charge is -2.07. The van der Waals surface area contributed by atoms with E-state index < -0.39 is 11.6 Å². The highest BCUT2D eigenvalue weighted by molar-refractivity contribution is 6.08. The van der Waals surface area contributed by atoms with Gasteiger partial charge in [-0.1, -0.05) is 43.5 Å². The van der Waals surface area contributed by atoms with Crippen LogP contribution >= 0.6 is 0 Å². The Morgan fingerprint density at radius 3 is 1.83 bits per heavy atom. The Labute approximate surface area is 135 Å². The molecule has 0 aromatic heterocycles. The molecule has 0 aliphatic carbocycles. The molecule has 3 heteroatoms. The van der Waals surface area contributed by atoms with Crippen molar-refractivity contribution in [1.82, 2.24) is 0 Å². The third-order valence-corrected chi connectivity index (χ3v) is 3.47. The minimum absolute atomic E-state index is 0.00956. The number of carbonyl (C=O) groups is 2. The first-order valence-electron chi connectivity index (χ1n) is 7.11. The predicted molar refractivity (Wildman–Crippen MR) is 90.1 cm³/mol. The lowest BCUT2D eigenvalue weighted by molar-refractivity contribution is 0.102. The average molecular weight is 308 g/mol. The summed E-state index contributed by atoms with van der Waals surface area (Å²) in [4.78, 5) is 23.6. The number of allylic oxidation sites excluding steroid dienone is 2. The van der Waals surface area contributed by atoms with Crippen LogP contribution < -0.4 is 0 Å². The first-order chi connectivity index (χ1) is 10.8. The van der Waals surface area contributed by atoms with E-state index in [-0.39, 0.29) is 11.3 Å². The minimum Gasteiger partial charge on any atom is -0.289 e. The fraction of sp³-hybridized carbons (Fsp3) is 0.100. The summed E-state index contributed by atoms with van der Waals surface area (Å²) in [6, 6.07) is 11.3. The van der Waals surface area contributed by atoms with Crippen molar-refractivity contribution >= 4 is 11.6 Å². The fourth-order valence-corrected chi connectivity index (χ4v) is 2.17. The number of Topliss-reactive ketones (excluding diaryl/α,β-unsaturated/α-hetero) is 2. The Hall–Kier alpha value is -2.81. The summed E-state index contributed by atoms with van der Waals surface area (Å²) in [6.45, 7) is 10.4. The van der Waals surface area contributed by atoms with E-state index in [0.717, 1.165) is 5.56 Å². The van der Waals surface area contributed by atoms with Gasteiger partial charge in [-0.2, -0.15) is 0 Å². The summed E-state index contributed by atoms with van der Waals surface area (Å²) in [6.07, 6.45) is 0. The lowest BCUT2D eigenvalue weighted by Crippen LogP contribution is -2.03. The van der Waals surface area contributed by atoms with Gasteiger partial charge in [0, 0.05) is 5.56 Å². The van der Waals surface area contributed by atoms with E-state index in [1.54, 1.807) is 44.2 Å². The van der Waals surface area contributed by atoms with E-state index >= 15 is 0 Å². The zero-order valence-corrected chi connectivity index (χ0v) is 13.2. The van der Waals surface area contributed by atoms with Gasteiger partial charge in [0.25, 0.3) is 0 Å². The highest BCUT2D eigenvalue weighted by Gasteiger charge is 2.13. The van der Waals surface area contributed by atoms with Gasteiger partial charge < -0.3 is 0 Å². The van der Waals surface area contributed by atoms with Gasteiger partial charge in [-0.3, -0.25) is 9.59 Å². The molecule has 0 spiro atoms. The molecule has 0 saturated carbocycles. The molecule has 0 unspecified atom stereocenters. The molecule has 116 valence electrons. The molecular weight excluding hydrogens is 291 g/mol. The van der Waals surface area contributed by atoms with Gasteiger partial charge in [-0.05, 0) is 48.3 Å². The molecule has 0 saturated heterocycles. The average Bonchev–Trinajstić information content (AvgIpc) is 2.53. The number of hydrogen-bond acceptors (Lipinski definition) is 2. The van der Waals surface area contributed by atoms with Crippen LogP contribution in [0.5, 0.6) is 0 Å². The summed E-state index contributed by atoms with van der Waals surface area (Å²) in [7, 11) is 0. The largest absolute Gasteiger partial charge is 0.289 e. The number of hydrogen-bond donors (Lipinski definition) is 0. The van der Waals surface area contributed by atoms with Crippen LogP contribution in [0.3, 0.4) is 0 Å². The molecule has 0 fully saturated rings. The Morgan fingerprint density at radius 1 is 0.826 bits per heavy atom. The van der Waals surface area contributed by atoms with Crippen LogP contribution in [-0.4, -0.2) is 11.6 Å². The monoisotopic (exact) mass is 308 g/mol. The molecule has 0 bridgehead atoms. The maximum atomic E-state index is 14.1. The number of carbonyl (C=O) groups excluding carboxylic acids is 2. The molecule has 2 rings (SSSR count). The van der Waals surface area contributed by atoms with Crippen LogP contribution in [0, 0.1) is 5.82 Å². The molecule has 0 atom stereocenters. The Balaban J connectivity index is 2.34. The second-order valence-electron chi connectivity index (χ2n) is 5.49. The summed E-state index contributed by atoms with van der Waals surface area (Å²) in [5, 5.41) is 0. The van der Waals surface area contributed by atoms with Crippen molar-refractivity contribution in [2.75, 3.05) is 0 Å². The van der Waals surface area contributed by atoms with Crippen LogP contribution in [0.2, 0.25) is 0 Å². The van der Waals surface area contributed by atoms with Crippen molar-refractivity contribution in [2.45, 2.75) is 13.8 Å². The molecule has 2 aromatic rings. The third kappa shape index (κ3) is 3.51. The highest BCUT2D eigenvalue weighted by atomic mass is 19.1. The Kier molecular flexibility index (Phi) is 4.70. The molecule has 2 aromatic carbocycles. The van der Waals surface area contributed by atoms with E-state index in [0.29, 0.717) is 22.3 Å². The zero-order chi connectivity index (χ0) is 17.1. The van der Waals surface area contributed by atoms with Crippen LogP contribution in [0.15, 0.2) is 66.8 Å². The molecule has 0 aliphatic rings. The van der Waals surface area contributed by atoms with Crippen molar-refractivity contribution < 1.29 is 14.0 Å². The van der Waals surface area contributed by atoms with E-state index in [1.165, 1.54) is 12.1 Å². The van der Waals surface area contributed by atoms with Crippen LogP contribution in [0.1, 0.15) is 34.6 Å². The normalized spacial score (nSPS) is 10.2. The third-order valence-electron chi connectivity index (χ3n) is 3.47. The lowest BCUT2D eigenvalue weighted by atomic mass is 9.98. The summed E-state index contributed by atoms with van der Waals surface area (Å²) >= 11 is 0. The van der Waals surface area contributed by atoms with Gasteiger partial charge in [-0.25, -0.2) is 4.39 Å². The first-order valence-corrected chi connectivity index (χ1v) is 7.11. The van der Waals surface area contributed by atoms with Gasteiger partial charge in [-0.15, -0.1) is 0 Å². The maximum Gasteiger partial charge on any atom is 0.191 e. The van der Waals surface area contributed by atoms with Crippen molar-refractivity contribution in [2.24, 2.45) is 0 Å². The molecule has 0 heterocycles. The van der Waals surface area contributed by atoms with Gasteiger partial charge in [0.15, 0.2) is 11.6 Å². The minimum atomic E-state index is -0.586. The predicted octanol–water partition coefficient (Wildman–Crippen LogP) is 5.01. The number of benzene rings is 2. The second kappa shape index (κ2) is 6.53. The van der Waals surface area contributed by atoms with Gasteiger partial charge in [0.1, 0.15) is 5.82 Å². The number of rotatable bonds is 5. The summed E-state index contributed by atoms with van der Waals surface area (Å²) in [5.74, 6) is -1.11. The molecule has 0 aliphatic heterocycles. The number of halogens is 1. The van der Waals surface area contributed by atoms with E-state index in [9.17, 15) is 14.0 Å². The summed E-state index contributed by atoms with van der Waals surface area (Å²) in [5.41, 5.74) is 2.70. The Bertz CT molecular complexity index is 814. The van der Waals surface area contributed by atoms with Crippen molar-refractivity contribution in [1.29, 1.82) is 0 Å². The van der Waals surface area contributed by atoms with Crippen molar-refractivity contribution in [3.8, 4) is 11.1 Å². The Morgan fingerprint density at radius 2 is 1.35 bits per heavy atom. The van der Waals surface area contributed by atoms with Gasteiger partial charge in [0.2, 0.25) is 0 Å². The molecule has 0 radical (unpaired) electrons. The van der Waals surface area contributed by atoms with E-state index in [2.05, 4.69) is 13.2 Å². The maximum absolute atomic E-state index is 14.1. The molecule has 23 heavy (non-hydrogen) atoms. The zero-order valence-electron chi connectivity index (χ0n) is 13.2. The van der Waals surface area contributed by atoms with Crippen LogP contribution in [0.25, 0.3) is 11.1 Å². The highest BCUT2D eigenvalue weighted by Crippen LogP contribution is 2.24. The van der Waals surface area contributed by atoms with E-state index in [4.69, 9.17) is 0 Å². The van der Waals surface area contributed by atoms with Crippen molar-refractivity contribution in [3.05, 3.63) is 83.7 Å². The standard InChI is InChI=1S/C20H17FO2/c1-12(2)19(22)15-7-5-14(6-8-15)16-9-10-17(18(21)11-16)20(23)13(3)4/h5-11H,1,3H2,2,4H3. The smallest absolute Gasteiger partial charge is 0.191 e. The second-order valence-corrected chi connectivity index (χ2v) is 5.49. The van der Waals surface area contributed by atoms with Crippen molar-refractivity contribution in [3.63, 3.8) is 0 Å². The first kappa shape index (κ1) is 16.6. The fourth-order valence-electron chi connectivity index (χ4n) is 2.17. The quantitative estimate of drug-likeness (QED) is 0.574. The van der Waals surface area contributed by atoms with Crippen LogP contribution in [-0.2, 0) is 0 Å². The van der Waals surface area contributed by atoms with Gasteiger partial charge >= 0.3 is 0 Å². The summed E-state index contributed by atoms with van der Waals surface area (Å²) < 4.78 is 14.1. The molecule has 0 N–H and O–H groups in total. The number of ketones is 2. The SMILES string of the molecule is C=C(C)C(=O)c1ccc(-c2ccc(C(=O)C(=C)C)c(F)c2)cc1. The topological polar surface area (TPSA) is 34.1 Å². The molecule has 0 amide bonds.